The van der Waals surface area contributed by atoms with Crippen molar-refractivity contribution in [3.05, 3.63) is 69.8 Å². The highest BCUT2D eigenvalue weighted by Crippen LogP contribution is 2.39. The number of esters is 2. The number of rotatable bonds is 11. The third kappa shape index (κ3) is 7.76. The zero-order valence-electron chi connectivity index (χ0n) is 17.3. The number of nitrogens with zero attached hydrogens (tertiary/aromatic N) is 1. The molecule has 1 saturated heterocycles. The van der Waals surface area contributed by atoms with Crippen LogP contribution < -0.4 is 9.47 Å². The van der Waals surface area contributed by atoms with E-state index in [-0.39, 0.29) is 29.6 Å². The molecule has 1 heterocycles. The summed E-state index contributed by atoms with van der Waals surface area (Å²) in [7, 11) is 3.84. The first kappa shape index (κ1) is 23.9. The van der Waals surface area contributed by atoms with Crippen LogP contribution in [-0.2, 0) is 16.2 Å². The smallest absolute Gasteiger partial charge is 0.347 e. The molecule has 3 rings (SSSR count). The molecule has 1 fully saturated rings. The fourth-order valence-electron chi connectivity index (χ4n) is 3.05. The van der Waals surface area contributed by atoms with E-state index in [1.54, 1.807) is 30.3 Å². The summed E-state index contributed by atoms with van der Waals surface area (Å²) in [5.74, 6) is 0.558. The van der Waals surface area contributed by atoms with Crippen molar-refractivity contribution in [2.24, 2.45) is 0 Å². The van der Waals surface area contributed by atoms with Crippen molar-refractivity contribution < 1.29 is 29.0 Å². The van der Waals surface area contributed by atoms with Crippen LogP contribution in [0.15, 0.2) is 48.5 Å². The van der Waals surface area contributed by atoms with E-state index in [1.165, 1.54) is 30.4 Å². The van der Waals surface area contributed by atoms with E-state index in [9.17, 15) is 19.7 Å². The van der Waals surface area contributed by atoms with Crippen molar-refractivity contribution >= 4 is 33.5 Å². The SMILES string of the molecule is O=C(CCCC[C@H]1CCSS1)Oc1ccccc1C(=O)Oc1ccc(CO[N+](=O)[O-])cc1. The van der Waals surface area contributed by atoms with Crippen molar-refractivity contribution in [3.8, 4) is 11.5 Å². The first-order chi connectivity index (χ1) is 15.5. The molecule has 0 aliphatic carbocycles. The van der Waals surface area contributed by atoms with Crippen LogP contribution in [0.4, 0.5) is 0 Å². The molecule has 0 saturated carbocycles. The van der Waals surface area contributed by atoms with Gasteiger partial charge >= 0.3 is 11.9 Å². The predicted molar refractivity (Wildman–Crippen MR) is 122 cm³/mol. The minimum atomic E-state index is -0.875. The molecule has 8 nitrogen and oxygen atoms in total. The summed E-state index contributed by atoms with van der Waals surface area (Å²) >= 11 is 0. The van der Waals surface area contributed by atoms with Gasteiger partial charge in [-0.25, -0.2) is 4.79 Å². The largest absolute Gasteiger partial charge is 0.426 e. The quantitative estimate of drug-likeness (QED) is 0.107. The van der Waals surface area contributed by atoms with Gasteiger partial charge < -0.3 is 14.3 Å². The lowest BCUT2D eigenvalue weighted by Gasteiger charge is -2.11. The van der Waals surface area contributed by atoms with Crippen LogP contribution in [0.2, 0.25) is 0 Å². The number of benzene rings is 2. The number of ether oxygens (including phenoxy) is 2. The molecule has 170 valence electrons. The van der Waals surface area contributed by atoms with Crippen LogP contribution in [0.25, 0.3) is 0 Å². The monoisotopic (exact) mass is 477 g/mol. The first-order valence-corrected chi connectivity index (χ1v) is 12.6. The van der Waals surface area contributed by atoms with Crippen LogP contribution in [-0.4, -0.2) is 28.0 Å². The minimum Gasteiger partial charge on any atom is -0.426 e. The molecule has 0 bridgehead atoms. The molecule has 1 aliphatic heterocycles. The fraction of sp³-hybridized carbons (Fsp3) is 0.364. The summed E-state index contributed by atoms with van der Waals surface area (Å²) in [5.41, 5.74) is 0.696. The number of carbonyl (C=O) groups excluding carboxylic acids is 2. The Kier molecular flexibility index (Phi) is 9.24. The highest BCUT2D eigenvalue weighted by Gasteiger charge is 2.18. The van der Waals surface area contributed by atoms with E-state index in [0.717, 1.165) is 19.3 Å². The fourth-order valence-corrected chi connectivity index (χ4v) is 6.07. The van der Waals surface area contributed by atoms with Gasteiger partial charge in [-0.2, -0.15) is 0 Å². The lowest BCUT2D eigenvalue weighted by molar-refractivity contribution is -0.763. The molecule has 0 radical (unpaired) electrons. The van der Waals surface area contributed by atoms with Gasteiger partial charge in [0.25, 0.3) is 5.09 Å². The Morgan fingerprint density at radius 2 is 1.84 bits per heavy atom. The molecule has 32 heavy (non-hydrogen) atoms. The summed E-state index contributed by atoms with van der Waals surface area (Å²) in [5, 5.41) is 10.1. The Labute approximate surface area is 193 Å². The summed E-state index contributed by atoms with van der Waals surface area (Å²) in [4.78, 5) is 39.4. The maximum absolute atomic E-state index is 12.6. The Morgan fingerprint density at radius 1 is 1.06 bits per heavy atom. The number of hydrogen-bond donors (Lipinski definition) is 0. The maximum atomic E-state index is 12.6. The highest BCUT2D eigenvalue weighted by atomic mass is 33.1. The van der Waals surface area contributed by atoms with Gasteiger partial charge in [-0.1, -0.05) is 52.3 Å². The lowest BCUT2D eigenvalue weighted by atomic mass is 10.1. The predicted octanol–water partition coefficient (Wildman–Crippen LogP) is 5.23. The van der Waals surface area contributed by atoms with Crippen LogP contribution in [0, 0.1) is 10.1 Å². The molecule has 1 aliphatic rings. The molecule has 0 amide bonds. The lowest BCUT2D eigenvalue weighted by Crippen LogP contribution is -2.14. The third-order valence-corrected chi connectivity index (χ3v) is 7.69. The first-order valence-electron chi connectivity index (χ1n) is 10.2. The topological polar surface area (TPSA) is 105 Å². The highest BCUT2D eigenvalue weighted by molar-refractivity contribution is 8.77. The van der Waals surface area contributed by atoms with Gasteiger partial charge in [0.05, 0.1) is 0 Å². The van der Waals surface area contributed by atoms with E-state index < -0.39 is 11.1 Å². The second-order valence-corrected chi connectivity index (χ2v) is 9.86. The average molecular weight is 478 g/mol. The molecular weight excluding hydrogens is 454 g/mol. The second-order valence-electron chi connectivity index (χ2n) is 7.08. The molecular formula is C22H23NO7S2. The molecule has 1 atom stereocenters. The van der Waals surface area contributed by atoms with Gasteiger partial charge in [-0.05, 0) is 49.1 Å². The van der Waals surface area contributed by atoms with Crippen molar-refractivity contribution in [2.45, 2.75) is 44.0 Å². The third-order valence-electron chi connectivity index (χ3n) is 4.69. The molecule has 0 N–H and O–H groups in total. The zero-order valence-corrected chi connectivity index (χ0v) is 18.9. The Bertz CT molecular complexity index is 930. The normalized spacial score (nSPS) is 15.2. The van der Waals surface area contributed by atoms with E-state index in [4.69, 9.17) is 9.47 Å². The van der Waals surface area contributed by atoms with Crippen LogP contribution >= 0.6 is 21.6 Å². The summed E-state index contributed by atoms with van der Waals surface area (Å²) in [6.07, 6.45) is 4.34. The Balaban J connectivity index is 1.50. The van der Waals surface area contributed by atoms with Gasteiger partial charge in [0, 0.05) is 17.4 Å². The van der Waals surface area contributed by atoms with Gasteiger partial charge in [-0.15, -0.1) is 10.1 Å². The van der Waals surface area contributed by atoms with Gasteiger partial charge in [0.2, 0.25) is 0 Å². The molecule has 0 spiro atoms. The molecule has 10 heteroatoms. The minimum absolute atomic E-state index is 0.140. The number of hydrogen-bond acceptors (Lipinski definition) is 9. The standard InChI is InChI=1S/C22H23NO7S2/c24-21(8-4-1-5-18-13-14-31-32-18)30-20-7-3-2-6-19(20)22(25)29-17-11-9-16(10-12-17)15-28-23(26)27/h2-3,6-7,9-12,18H,1,4-5,8,13-15H2/t18-/m0/s1. The molecule has 0 unspecified atom stereocenters. The van der Waals surface area contributed by atoms with E-state index >= 15 is 0 Å². The number of para-hydroxylation sites is 1. The van der Waals surface area contributed by atoms with Gasteiger partial charge in [0.15, 0.2) is 0 Å². The van der Waals surface area contributed by atoms with Crippen molar-refractivity contribution in [2.75, 3.05) is 5.75 Å². The molecule has 2 aromatic rings. The summed E-state index contributed by atoms with van der Waals surface area (Å²) in [6, 6.07) is 12.5. The van der Waals surface area contributed by atoms with E-state index in [0.29, 0.717) is 17.2 Å². The number of carbonyl (C=O) groups is 2. The van der Waals surface area contributed by atoms with Crippen molar-refractivity contribution in [1.82, 2.24) is 0 Å². The van der Waals surface area contributed by atoms with Crippen LogP contribution in [0.3, 0.4) is 0 Å². The summed E-state index contributed by atoms with van der Waals surface area (Å²) < 4.78 is 10.8. The van der Waals surface area contributed by atoms with Gasteiger partial charge in [-0.3, -0.25) is 4.79 Å². The summed E-state index contributed by atoms with van der Waals surface area (Å²) in [6.45, 7) is -0.196. The van der Waals surface area contributed by atoms with Gasteiger partial charge in [0.1, 0.15) is 23.7 Å². The zero-order chi connectivity index (χ0) is 22.8. The second kappa shape index (κ2) is 12.4. The molecule has 2 aromatic carbocycles. The van der Waals surface area contributed by atoms with Crippen molar-refractivity contribution in [1.29, 1.82) is 0 Å². The van der Waals surface area contributed by atoms with Crippen LogP contribution in [0.1, 0.15) is 48.0 Å². The maximum Gasteiger partial charge on any atom is 0.347 e. The van der Waals surface area contributed by atoms with Crippen LogP contribution in [0.5, 0.6) is 11.5 Å². The molecule has 0 aromatic heterocycles. The van der Waals surface area contributed by atoms with Crippen molar-refractivity contribution in [3.63, 3.8) is 0 Å². The Morgan fingerprint density at radius 3 is 2.56 bits per heavy atom. The average Bonchev–Trinajstić information content (AvgIpc) is 3.30. The number of unbranched alkanes of at least 4 members (excludes halogenated alkanes) is 1. The van der Waals surface area contributed by atoms with E-state index in [2.05, 4.69) is 4.84 Å². The Hall–Kier alpha value is -2.72. The van der Waals surface area contributed by atoms with E-state index in [1.807, 2.05) is 21.6 Å².